The number of aliphatic hydroxyl groups excluding tert-OH is 1. The lowest BCUT2D eigenvalue weighted by Crippen LogP contribution is -2.38. The summed E-state index contributed by atoms with van der Waals surface area (Å²) in [5, 5.41) is 15.3. The van der Waals surface area contributed by atoms with Crippen molar-refractivity contribution in [3.05, 3.63) is 94.6 Å². The second-order valence-corrected chi connectivity index (χ2v) is 16.5. The van der Waals surface area contributed by atoms with Gasteiger partial charge in [0, 0.05) is 23.1 Å². The van der Waals surface area contributed by atoms with Crippen molar-refractivity contribution in [1.82, 2.24) is 15.1 Å². The van der Waals surface area contributed by atoms with Gasteiger partial charge < -0.3 is 20.9 Å². The molecule has 0 unspecified atom stereocenters. The van der Waals surface area contributed by atoms with Gasteiger partial charge in [-0.1, -0.05) is 113 Å². The molecule has 5 N–H and O–H groups in total. The third-order valence-corrected chi connectivity index (χ3v) is 10.6. The summed E-state index contributed by atoms with van der Waals surface area (Å²) in [5.41, 5.74) is 5.24. The molecule has 4 rings (SSSR count). The van der Waals surface area contributed by atoms with Crippen LogP contribution in [0, 0.1) is 31.1 Å². The first kappa shape index (κ1) is 54.9. The number of hydrogen-bond acceptors (Lipinski definition) is 7. The lowest BCUT2D eigenvalue weighted by atomic mass is 9.93. The van der Waals surface area contributed by atoms with Gasteiger partial charge in [0.05, 0.1) is 24.2 Å². The number of aromatic nitrogens is 2. The molecule has 0 saturated heterocycles. The molecule has 15 heteroatoms. The number of alkyl halides is 3. The molecule has 2 aliphatic rings. The quantitative estimate of drug-likeness (QED) is 0.109. The molecule has 0 aliphatic heterocycles. The van der Waals surface area contributed by atoms with Crippen molar-refractivity contribution in [2.45, 2.75) is 130 Å². The first-order chi connectivity index (χ1) is 28.4. The number of primary amides is 1. The lowest BCUT2D eigenvalue weighted by Gasteiger charge is -2.27. The van der Waals surface area contributed by atoms with E-state index >= 15 is 0 Å². The van der Waals surface area contributed by atoms with Crippen molar-refractivity contribution in [1.29, 1.82) is 0 Å². The van der Waals surface area contributed by atoms with Gasteiger partial charge in [0.1, 0.15) is 12.2 Å². The molecular formula is C45H64F3N5O6S. The molecule has 0 atom stereocenters. The highest BCUT2D eigenvalue weighted by atomic mass is 32.2. The number of halogens is 3. The van der Waals surface area contributed by atoms with E-state index in [9.17, 15) is 31.2 Å². The number of sulfonamides is 1. The monoisotopic (exact) mass is 859 g/mol. The molecule has 0 radical (unpaired) electrons. The number of benzene rings is 1. The van der Waals surface area contributed by atoms with E-state index in [1.807, 2.05) is 37.3 Å². The molecular weight excluding hydrogens is 796 g/mol. The van der Waals surface area contributed by atoms with Crippen molar-refractivity contribution in [2.75, 3.05) is 11.3 Å². The Bertz CT molecular complexity index is 1830. The first-order valence-electron chi connectivity index (χ1n) is 19.7. The number of ether oxygens (including phenoxy) is 1. The van der Waals surface area contributed by atoms with Gasteiger partial charge in [0.25, 0.3) is 15.9 Å². The van der Waals surface area contributed by atoms with E-state index in [1.165, 1.54) is 32.1 Å². The SMILES string of the molecule is C#C.C#C.C/C(=C\C=C(/C)S(=O)(=O)Nc1cc(C(N)=O)n(CC(=O)NC2CCCCC2)n1)C(F)(F)F.C/C=C\C=C/C(C)(C)COC1CCCCC1.OCc1ccccc1. The van der Waals surface area contributed by atoms with Crippen molar-refractivity contribution in [3.63, 3.8) is 0 Å². The van der Waals surface area contributed by atoms with Crippen molar-refractivity contribution in [3.8, 4) is 25.7 Å². The van der Waals surface area contributed by atoms with E-state index < -0.39 is 38.5 Å². The number of nitrogens with zero attached hydrogens (tertiary/aromatic N) is 2. The number of rotatable bonds is 14. The normalized spacial score (nSPS) is 15.5. The Balaban J connectivity index is 0.00000102. The van der Waals surface area contributed by atoms with Crippen molar-refractivity contribution < 1.29 is 41.0 Å². The van der Waals surface area contributed by atoms with Gasteiger partial charge in [-0.05, 0) is 58.1 Å². The van der Waals surface area contributed by atoms with Crippen LogP contribution in [-0.4, -0.2) is 60.0 Å². The van der Waals surface area contributed by atoms with Crippen LogP contribution in [0.4, 0.5) is 19.0 Å². The minimum atomic E-state index is -4.58. The van der Waals surface area contributed by atoms with E-state index in [-0.39, 0.29) is 36.1 Å². The number of hydrogen-bond donors (Lipinski definition) is 4. The van der Waals surface area contributed by atoms with E-state index in [0.29, 0.717) is 12.2 Å². The predicted octanol–water partition coefficient (Wildman–Crippen LogP) is 8.76. The van der Waals surface area contributed by atoms with Crippen LogP contribution >= 0.6 is 0 Å². The molecule has 2 aliphatic carbocycles. The summed E-state index contributed by atoms with van der Waals surface area (Å²) in [6.45, 7) is 9.04. The van der Waals surface area contributed by atoms with Crippen LogP contribution in [0.2, 0.25) is 0 Å². The number of nitrogens with two attached hydrogens (primary N) is 1. The summed E-state index contributed by atoms with van der Waals surface area (Å²) in [6.07, 6.45) is 33.3. The van der Waals surface area contributed by atoms with Crippen molar-refractivity contribution in [2.24, 2.45) is 11.1 Å². The zero-order chi connectivity index (χ0) is 45.8. The van der Waals surface area contributed by atoms with E-state index in [2.05, 4.69) is 79.0 Å². The summed E-state index contributed by atoms with van der Waals surface area (Å²) in [6, 6.07) is 10.6. The number of carbonyl (C=O) groups is 2. The summed E-state index contributed by atoms with van der Waals surface area (Å²) in [4.78, 5) is 23.6. The van der Waals surface area contributed by atoms with Gasteiger partial charge in [-0.15, -0.1) is 25.7 Å². The highest BCUT2D eigenvalue weighted by Gasteiger charge is 2.29. The predicted molar refractivity (Wildman–Crippen MR) is 235 cm³/mol. The van der Waals surface area contributed by atoms with E-state index in [1.54, 1.807) is 0 Å². The van der Waals surface area contributed by atoms with Crippen LogP contribution in [0.3, 0.4) is 0 Å². The molecule has 0 spiro atoms. The Labute approximate surface area is 355 Å². The molecule has 11 nitrogen and oxygen atoms in total. The summed E-state index contributed by atoms with van der Waals surface area (Å²) < 4.78 is 71.6. The number of carbonyl (C=O) groups excluding carboxylic acids is 2. The fraction of sp³-hybridized carbons (Fsp3) is 0.489. The third kappa shape index (κ3) is 22.9. The molecule has 2 amide bonds. The van der Waals surface area contributed by atoms with Crippen LogP contribution < -0.4 is 15.8 Å². The Kier molecular flexibility index (Phi) is 26.7. The summed E-state index contributed by atoms with van der Waals surface area (Å²) in [7, 11) is -4.26. The molecule has 0 bridgehead atoms. The minimum absolute atomic E-state index is 0.0304. The Morgan fingerprint density at radius 3 is 2.02 bits per heavy atom. The Morgan fingerprint density at radius 2 is 1.52 bits per heavy atom. The van der Waals surface area contributed by atoms with E-state index in [0.717, 1.165) is 74.9 Å². The number of aliphatic hydroxyl groups is 1. The number of anilines is 1. The topological polar surface area (TPSA) is 166 Å². The average molecular weight is 860 g/mol. The first-order valence-corrected chi connectivity index (χ1v) is 21.2. The third-order valence-electron chi connectivity index (χ3n) is 9.09. The Morgan fingerprint density at radius 1 is 0.950 bits per heavy atom. The largest absolute Gasteiger partial charge is 0.412 e. The lowest BCUT2D eigenvalue weighted by molar-refractivity contribution is -0.122. The maximum atomic E-state index is 12.6. The molecule has 1 heterocycles. The van der Waals surface area contributed by atoms with Gasteiger partial charge in [-0.25, -0.2) is 13.1 Å². The maximum absolute atomic E-state index is 12.6. The van der Waals surface area contributed by atoms with Crippen LogP contribution in [0.25, 0.3) is 0 Å². The molecule has 1 aromatic heterocycles. The van der Waals surface area contributed by atoms with Gasteiger partial charge >= 0.3 is 6.18 Å². The molecule has 332 valence electrons. The second-order valence-electron chi connectivity index (χ2n) is 14.7. The molecule has 2 fully saturated rings. The fourth-order valence-corrected chi connectivity index (χ4v) is 6.49. The number of terminal acetylenes is 2. The zero-order valence-corrected chi connectivity index (χ0v) is 36.4. The highest BCUT2D eigenvalue weighted by molar-refractivity contribution is 7.96. The van der Waals surface area contributed by atoms with Gasteiger partial charge in [-0.2, -0.15) is 18.3 Å². The van der Waals surface area contributed by atoms with Crippen molar-refractivity contribution >= 4 is 27.7 Å². The van der Waals surface area contributed by atoms with Crippen LogP contribution in [0.1, 0.15) is 115 Å². The summed E-state index contributed by atoms with van der Waals surface area (Å²) in [5.74, 6) is -1.63. The van der Waals surface area contributed by atoms with Gasteiger partial charge in [0.15, 0.2) is 5.82 Å². The zero-order valence-electron chi connectivity index (χ0n) is 35.6. The van der Waals surface area contributed by atoms with Crippen LogP contribution in [0.5, 0.6) is 0 Å². The van der Waals surface area contributed by atoms with Crippen LogP contribution in [0.15, 0.2) is 83.3 Å². The second kappa shape index (κ2) is 29.2. The molecule has 1 aromatic carbocycles. The highest BCUT2D eigenvalue weighted by Crippen LogP contribution is 2.26. The van der Waals surface area contributed by atoms with E-state index in [4.69, 9.17) is 15.6 Å². The standard InChI is InChI=1S/C19H26F3N5O4S.C15H26O.C7H8O.2C2H2/c1-12(19(20,21)22)8-9-13(2)32(30,31)26-16-10-15(18(23)29)27(25-16)11-17(28)24-14-6-4-3-5-7-14;1-4-5-9-12-15(2,3)13-16-14-10-7-6-8-11-14;8-6-7-4-2-1-3-5-7;2*1-2/h8-10,14H,3-7,11H2,1-2H3,(H2,23,29)(H,24,28)(H,25,26);4-5,9,12,14H,6-8,10-11,13H2,1-3H3;1-5,8H,6H2;2*1-2H/b12-8+,13-9+;5-4-,12-9-;;;. The van der Waals surface area contributed by atoms with Crippen LogP contribution in [-0.2, 0) is 32.7 Å². The average Bonchev–Trinajstić information content (AvgIpc) is 3.62. The van der Waals surface area contributed by atoms with Gasteiger partial charge in [0.2, 0.25) is 5.91 Å². The number of nitrogens with one attached hydrogen (secondary N) is 2. The van der Waals surface area contributed by atoms with Gasteiger partial charge in [-0.3, -0.25) is 14.3 Å². The molecule has 2 saturated carbocycles. The smallest absolute Gasteiger partial charge is 0.392 e. The Hall–Kier alpha value is -5.09. The molecule has 2 aromatic rings. The number of allylic oxidation sites excluding steroid dienone is 7. The maximum Gasteiger partial charge on any atom is 0.412 e. The number of amides is 2. The fourth-order valence-electron chi connectivity index (χ4n) is 5.71. The molecule has 60 heavy (non-hydrogen) atoms. The minimum Gasteiger partial charge on any atom is -0.392 e. The summed E-state index contributed by atoms with van der Waals surface area (Å²) >= 11 is 0.